The molecule has 4 aromatic heterocycles. The molecular formula is C57H36N6. The summed E-state index contributed by atoms with van der Waals surface area (Å²) < 4.78 is 7.22. The van der Waals surface area contributed by atoms with E-state index >= 15 is 0 Å². The summed E-state index contributed by atoms with van der Waals surface area (Å²) >= 11 is 0. The van der Waals surface area contributed by atoms with Gasteiger partial charge in [0.2, 0.25) is 5.95 Å². The highest BCUT2D eigenvalue weighted by Crippen LogP contribution is 2.47. The minimum absolute atomic E-state index is 0.557. The van der Waals surface area contributed by atoms with Crippen molar-refractivity contribution in [2.45, 2.75) is 0 Å². The topological polar surface area (TPSA) is 53.5 Å². The van der Waals surface area contributed by atoms with Crippen molar-refractivity contribution < 1.29 is 0 Å². The van der Waals surface area contributed by atoms with Gasteiger partial charge in [-0.1, -0.05) is 176 Å². The van der Waals surface area contributed by atoms with E-state index in [1.807, 2.05) is 36.4 Å². The lowest BCUT2D eigenvalue weighted by atomic mass is 10.0. The number of hydrogen-bond acceptors (Lipinski definition) is 3. The van der Waals surface area contributed by atoms with Gasteiger partial charge in [-0.3, -0.25) is 4.57 Å². The van der Waals surface area contributed by atoms with Gasteiger partial charge in [0, 0.05) is 49.1 Å². The van der Waals surface area contributed by atoms with Crippen LogP contribution in [0, 0.1) is 0 Å². The minimum Gasteiger partial charge on any atom is -0.307 e. The molecule has 63 heavy (non-hydrogen) atoms. The SMILES string of the molecule is c1ccc(-c2ccc(-n3c4ccccc4c4cc5c(c(-n6c7ccccc7c7ccccc76)c43)c3ccccc3n5-c3nc(-c4ccccc4)nc(-c4ccccc4)n3)cc2)cc1. The molecule has 0 saturated carbocycles. The van der Waals surface area contributed by atoms with Crippen LogP contribution < -0.4 is 0 Å². The molecule has 0 amide bonds. The van der Waals surface area contributed by atoms with Gasteiger partial charge in [0.25, 0.3) is 0 Å². The van der Waals surface area contributed by atoms with Crippen LogP contribution in [0.5, 0.6) is 0 Å². The van der Waals surface area contributed by atoms with E-state index in [1.54, 1.807) is 0 Å². The van der Waals surface area contributed by atoms with E-state index in [1.165, 1.54) is 21.9 Å². The second kappa shape index (κ2) is 14.0. The Hall–Kier alpha value is -8.61. The number of nitrogens with zero attached hydrogens (tertiary/aromatic N) is 6. The Bertz CT molecular complexity index is 3770. The zero-order valence-electron chi connectivity index (χ0n) is 34.0. The molecule has 0 bridgehead atoms. The van der Waals surface area contributed by atoms with Crippen molar-refractivity contribution in [3.63, 3.8) is 0 Å². The third kappa shape index (κ3) is 5.41. The zero-order valence-corrected chi connectivity index (χ0v) is 34.0. The first-order chi connectivity index (χ1) is 31.3. The molecular weight excluding hydrogens is 769 g/mol. The minimum atomic E-state index is 0.557. The molecule has 4 heterocycles. The molecule has 0 spiro atoms. The number of para-hydroxylation sites is 4. The summed E-state index contributed by atoms with van der Waals surface area (Å²) in [6.45, 7) is 0. The summed E-state index contributed by atoms with van der Waals surface area (Å²) in [5.41, 5.74) is 12.9. The normalized spacial score (nSPS) is 11.8. The Morgan fingerprint density at radius 1 is 0.286 bits per heavy atom. The Labute approximate surface area is 362 Å². The molecule has 0 aliphatic carbocycles. The van der Waals surface area contributed by atoms with Gasteiger partial charge in [-0.05, 0) is 53.6 Å². The first-order valence-corrected chi connectivity index (χ1v) is 21.3. The summed E-state index contributed by atoms with van der Waals surface area (Å²) in [6.07, 6.45) is 0. The molecule has 0 unspecified atom stereocenters. The van der Waals surface area contributed by atoms with E-state index in [0.29, 0.717) is 17.6 Å². The van der Waals surface area contributed by atoms with Gasteiger partial charge < -0.3 is 9.13 Å². The highest BCUT2D eigenvalue weighted by atomic mass is 15.2. The third-order valence-electron chi connectivity index (χ3n) is 12.5. The molecule has 0 radical (unpaired) electrons. The average molecular weight is 805 g/mol. The van der Waals surface area contributed by atoms with E-state index < -0.39 is 0 Å². The van der Waals surface area contributed by atoms with Crippen LogP contribution in [0.1, 0.15) is 0 Å². The average Bonchev–Trinajstić information content (AvgIpc) is 4.00. The molecule has 294 valence electrons. The molecule has 0 saturated heterocycles. The number of aromatic nitrogens is 6. The molecule has 13 aromatic rings. The maximum Gasteiger partial charge on any atom is 0.238 e. The van der Waals surface area contributed by atoms with Crippen molar-refractivity contribution in [1.29, 1.82) is 0 Å². The highest BCUT2D eigenvalue weighted by molar-refractivity contribution is 6.26. The standard InChI is InChI=1S/C57H36N6/c1-4-18-37(19-5-1)38-32-34-41(35-33-38)61-47-28-14-12-26-44(47)46-36-51-52(54(53(46)61)62-48-29-15-10-24-42(48)43-25-11-16-30-49(43)62)45-27-13-17-31-50(45)63(51)57-59-55(39-20-6-2-7-21-39)58-56(60-57)40-22-8-3-9-23-40/h1-36H. The quantitative estimate of drug-likeness (QED) is 0.168. The first-order valence-electron chi connectivity index (χ1n) is 21.3. The number of fused-ring (bicyclic) bond motifs is 9. The van der Waals surface area contributed by atoms with Gasteiger partial charge in [-0.25, -0.2) is 4.98 Å². The van der Waals surface area contributed by atoms with Crippen molar-refractivity contribution in [3.05, 3.63) is 218 Å². The van der Waals surface area contributed by atoms with Gasteiger partial charge >= 0.3 is 0 Å². The van der Waals surface area contributed by atoms with Crippen LogP contribution in [0.25, 0.3) is 117 Å². The molecule has 0 atom stereocenters. The van der Waals surface area contributed by atoms with Crippen LogP contribution in [0.2, 0.25) is 0 Å². The van der Waals surface area contributed by atoms with Crippen molar-refractivity contribution in [2.75, 3.05) is 0 Å². The zero-order chi connectivity index (χ0) is 41.4. The Morgan fingerprint density at radius 2 is 0.698 bits per heavy atom. The van der Waals surface area contributed by atoms with E-state index in [2.05, 4.69) is 196 Å². The predicted octanol–water partition coefficient (Wildman–Crippen LogP) is 14.2. The summed E-state index contributed by atoms with van der Waals surface area (Å²) in [6, 6.07) is 77.4. The number of rotatable bonds is 6. The van der Waals surface area contributed by atoms with E-state index in [9.17, 15) is 0 Å². The van der Waals surface area contributed by atoms with Crippen molar-refractivity contribution in [2.24, 2.45) is 0 Å². The summed E-state index contributed by atoms with van der Waals surface area (Å²) in [5.74, 6) is 1.79. The molecule has 0 fully saturated rings. The van der Waals surface area contributed by atoms with E-state index in [0.717, 1.165) is 77.1 Å². The maximum atomic E-state index is 5.32. The van der Waals surface area contributed by atoms with Gasteiger partial charge in [0.05, 0.1) is 38.8 Å². The van der Waals surface area contributed by atoms with Crippen molar-refractivity contribution in [1.82, 2.24) is 28.7 Å². The van der Waals surface area contributed by atoms with Crippen LogP contribution in [0.15, 0.2) is 218 Å². The monoisotopic (exact) mass is 804 g/mol. The fourth-order valence-electron chi connectivity index (χ4n) is 9.74. The summed E-state index contributed by atoms with van der Waals surface area (Å²) in [5, 5.41) is 6.91. The second-order valence-corrected chi connectivity index (χ2v) is 16.0. The van der Waals surface area contributed by atoms with Gasteiger partial charge in [0.15, 0.2) is 11.6 Å². The van der Waals surface area contributed by atoms with Gasteiger partial charge in [-0.2, -0.15) is 9.97 Å². The van der Waals surface area contributed by atoms with Gasteiger partial charge in [-0.15, -0.1) is 0 Å². The Kier molecular flexibility index (Phi) is 7.80. The fraction of sp³-hybridized carbons (Fsp3) is 0. The van der Waals surface area contributed by atoms with Crippen molar-refractivity contribution >= 4 is 65.4 Å². The maximum absolute atomic E-state index is 5.32. The van der Waals surface area contributed by atoms with Crippen LogP contribution in [0.4, 0.5) is 0 Å². The fourth-order valence-corrected chi connectivity index (χ4v) is 9.74. The highest BCUT2D eigenvalue weighted by Gasteiger charge is 2.27. The third-order valence-corrected chi connectivity index (χ3v) is 12.5. The molecule has 13 rings (SSSR count). The predicted molar refractivity (Wildman–Crippen MR) is 259 cm³/mol. The lowest BCUT2D eigenvalue weighted by Gasteiger charge is -2.17. The van der Waals surface area contributed by atoms with Crippen LogP contribution in [-0.4, -0.2) is 28.7 Å². The van der Waals surface area contributed by atoms with Crippen LogP contribution >= 0.6 is 0 Å². The van der Waals surface area contributed by atoms with E-state index in [-0.39, 0.29) is 0 Å². The Balaban J connectivity index is 1.22. The lowest BCUT2D eigenvalue weighted by Crippen LogP contribution is -2.07. The smallest absolute Gasteiger partial charge is 0.238 e. The van der Waals surface area contributed by atoms with Crippen LogP contribution in [0.3, 0.4) is 0 Å². The molecule has 0 N–H and O–H groups in total. The molecule has 6 nitrogen and oxygen atoms in total. The number of hydrogen-bond donors (Lipinski definition) is 0. The van der Waals surface area contributed by atoms with Crippen molar-refractivity contribution in [3.8, 4) is 51.2 Å². The van der Waals surface area contributed by atoms with Crippen LogP contribution in [-0.2, 0) is 0 Å². The largest absolute Gasteiger partial charge is 0.307 e. The number of benzene rings is 9. The Morgan fingerprint density at radius 3 is 1.24 bits per heavy atom. The van der Waals surface area contributed by atoms with E-state index in [4.69, 9.17) is 15.0 Å². The summed E-state index contributed by atoms with van der Waals surface area (Å²) in [7, 11) is 0. The molecule has 9 aromatic carbocycles. The molecule has 6 heteroatoms. The summed E-state index contributed by atoms with van der Waals surface area (Å²) in [4.78, 5) is 15.7. The molecule has 0 aliphatic heterocycles. The lowest BCUT2D eigenvalue weighted by molar-refractivity contribution is 0.953. The van der Waals surface area contributed by atoms with Gasteiger partial charge in [0.1, 0.15) is 0 Å². The first kappa shape index (κ1) is 35.2. The molecule has 0 aliphatic rings. The second-order valence-electron chi connectivity index (χ2n) is 16.0.